The quantitative estimate of drug-likeness (QED) is 0.447. The Bertz CT molecular complexity index is 966. The molecule has 0 aliphatic heterocycles. The molecule has 0 spiro atoms. The highest BCUT2D eigenvalue weighted by Crippen LogP contribution is 2.34. The number of rotatable bonds is 5. The number of benzene rings is 1. The summed E-state index contributed by atoms with van der Waals surface area (Å²) in [5, 5.41) is 7.12. The van der Waals surface area contributed by atoms with Crippen LogP contribution in [0.1, 0.15) is 54.5 Å². The van der Waals surface area contributed by atoms with Crippen LogP contribution >= 0.6 is 12.6 Å². The van der Waals surface area contributed by atoms with E-state index in [1.165, 1.54) is 36.8 Å². The van der Waals surface area contributed by atoms with Crippen molar-refractivity contribution in [1.82, 2.24) is 15.0 Å². The largest absolute Gasteiger partial charge is 0.490 e. The van der Waals surface area contributed by atoms with E-state index in [1.54, 1.807) is 6.20 Å². The smallest absolute Gasteiger partial charge is 0.475 e. The second kappa shape index (κ2) is 10.2. The first kappa shape index (κ1) is 23.1. The van der Waals surface area contributed by atoms with Gasteiger partial charge < -0.3 is 10.1 Å². The molecule has 1 saturated carbocycles. The Morgan fingerprint density at radius 3 is 2.39 bits per heavy atom. The zero-order chi connectivity index (χ0) is 22.4. The van der Waals surface area contributed by atoms with Gasteiger partial charge in [0, 0.05) is 17.9 Å². The lowest BCUT2D eigenvalue weighted by Gasteiger charge is -2.14. The number of imidazole rings is 1. The van der Waals surface area contributed by atoms with Crippen molar-refractivity contribution >= 4 is 29.6 Å². The SMILES string of the molecule is O=C(O)C(F)(F)F.SC[C@@H](Cc1ccc(C2CCCC2)cc1)c1nc2ccncc2[nH]1. The molecule has 2 aromatic heterocycles. The van der Waals surface area contributed by atoms with Crippen molar-refractivity contribution in [2.24, 2.45) is 0 Å². The maximum Gasteiger partial charge on any atom is 0.490 e. The number of pyridine rings is 1. The number of fused-ring (bicyclic) bond motifs is 1. The normalized spacial score (nSPS) is 15.5. The predicted octanol–water partition coefficient (Wildman–Crippen LogP) is 5.50. The van der Waals surface area contributed by atoms with Gasteiger partial charge in [0.2, 0.25) is 0 Å². The molecule has 1 aromatic carbocycles. The van der Waals surface area contributed by atoms with Crippen molar-refractivity contribution < 1.29 is 23.1 Å². The number of hydrogen-bond acceptors (Lipinski definition) is 4. The highest BCUT2D eigenvalue weighted by molar-refractivity contribution is 7.80. The highest BCUT2D eigenvalue weighted by Gasteiger charge is 2.38. The van der Waals surface area contributed by atoms with Crippen LogP contribution in [0.25, 0.3) is 11.0 Å². The van der Waals surface area contributed by atoms with E-state index in [2.05, 4.69) is 46.9 Å². The molecule has 0 saturated heterocycles. The van der Waals surface area contributed by atoms with Crippen LogP contribution in [-0.2, 0) is 11.2 Å². The number of hydrogen-bond donors (Lipinski definition) is 3. The second-order valence-corrected chi connectivity index (χ2v) is 7.99. The summed E-state index contributed by atoms with van der Waals surface area (Å²) in [6, 6.07) is 11.2. The minimum atomic E-state index is -5.08. The first-order chi connectivity index (χ1) is 14.8. The van der Waals surface area contributed by atoms with Gasteiger partial charge in [-0.2, -0.15) is 25.8 Å². The molecule has 31 heavy (non-hydrogen) atoms. The van der Waals surface area contributed by atoms with E-state index in [4.69, 9.17) is 14.9 Å². The standard InChI is InChI=1S/C20H23N3S.C2HF3O2/c24-13-17(20-22-18-9-10-21-12-19(18)23-20)11-14-5-7-16(8-6-14)15-3-1-2-4-15;3-2(4,5)1(6)7/h5-10,12,15,17,24H,1-4,11,13H2,(H,22,23);(H,6,7)/t17-;/m1./s1. The van der Waals surface area contributed by atoms with Gasteiger partial charge in [-0.15, -0.1) is 0 Å². The van der Waals surface area contributed by atoms with Crippen molar-refractivity contribution in [3.8, 4) is 0 Å². The van der Waals surface area contributed by atoms with Gasteiger partial charge in [0.05, 0.1) is 17.2 Å². The first-order valence-corrected chi connectivity index (χ1v) is 10.7. The van der Waals surface area contributed by atoms with E-state index < -0.39 is 12.1 Å². The molecule has 1 aliphatic carbocycles. The topological polar surface area (TPSA) is 78.9 Å². The number of nitrogens with one attached hydrogen (secondary N) is 1. The summed E-state index contributed by atoms with van der Waals surface area (Å²) in [5.41, 5.74) is 4.84. The third kappa shape index (κ3) is 6.22. The molecular formula is C22H24F3N3O2S. The summed E-state index contributed by atoms with van der Waals surface area (Å²) in [5.74, 6) is 0.0958. The van der Waals surface area contributed by atoms with Crippen LogP contribution in [0.2, 0.25) is 0 Å². The number of carboxylic acid groups (broad SMARTS) is 1. The minimum absolute atomic E-state index is 0.290. The molecular weight excluding hydrogens is 427 g/mol. The maximum atomic E-state index is 10.6. The van der Waals surface area contributed by atoms with E-state index in [0.29, 0.717) is 0 Å². The second-order valence-electron chi connectivity index (χ2n) is 7.62. The van der Waals surface area contributed by atoms with Gasteiger partial charge in [0.25, 0.3) is 0 Å². The van der Waals surface area contributed by atoms with Gasteiger partial charge in [-0.3, -0.25) is 4.98 Å². The third-order valence-corrected chi connectivity index (χ3v) is 5.88. The van der Waals surface area contributed by atoms with Crippen molar-refractivity contribution in [3.05, 3.63) is 59.7 Å². The van der Waals surface area contributed by atoms with Crippen molar-refractivity contribution in [3.63, 3.8) is 0 Å². The summed E-state index contributed by atoms with van der Waals surface area (Å²) in [4.78, 5) is 21.2. The van der Waals surface area contributed by atoms with Crippen molar-refractivity contribution in [1.29, 1.82) is 0 Å². The van der Waals surface area contributed by atoms with Gasteiger partial charge >= 0.3 is 12.1 Å². The molecule has 3 aromatic rings. The summed E-state index contributed by atoms with van der Waals surface area (Å²) in [6.07, 6.45) is 4.96. The number of carbonyl (C=O) groups is 1. The molecule has 166 valence electrons. The molecule has 1 atom stereocenters. The fourth-order valence-corrected chi connectivity index (χ4v) is 4.09. The summed E-state index contributed by atoms with van der Waals surface area (Å²) >= 11 is 4.55. The summed E-state index contributed by atoms with van der Waals surface area (Å²) < 4.78 is 31.7. The number of aromatic nitrogens is 3. The average molecular weight is 452 g/mol. The van der Waals surface area contributed by atoms with Crippen LogP contribution in [0.5, 0.6) is 0 Å². The van der Waals surface area contributed by atoms with Crippen LogP contribution in [0.3, 0.4) is 0 Å². The molecule has 0 bridgehead atoms. The number of halogens is 3. The van der Waals surface area contributed by atoms with E-state index in [-0.39, 0.29) is 5.92 Å². The number of carboxylic acids is 1. The molecule has 2 N–H and O–H groups in total. The fraction of sp³-hybridized carbons (Fsp3) is 0.409. The van der Waals surface area contributed by atoms with Crippen LogP contribution in [0.4, 0.5) is 13.2 Å². The van der Waals surface area contributed by atoms with Gasteiger partial charge in [-0.25, -0.2) is 9.78 Å². The molecule has 0 unspecified atom stereocenters. The van der Waals surface area contributed by atoms with Crippen LogP contribution in [0, 0.1) is 0 Å². The first-order valence-electron chi connectivity index (χ1n) is 10.1. The van der Waals surface area contributed by atoms with Gasteiger partial charge in [0.15, 0.2) is 0 Å². The van der Waals surface area contributed by atoms with Crippen LogP contribution in [-0.4, -0.2) is 38.0 Å². The molecule has 4 rings (SSSR count). The lowest BCUT2D eigenvalue weighted by Crippen LogP contribution is -2.21. The van der Waals surface area contributed by atoms with E-state index >= 15 is 0 Å². The van der Waals surface area contributed by atoms with Crippen LogP contribution in [0.15, 0.2) is 42.7 Å². The monoisotopic (exact) mass is 451 g/mol. The number of H-pyrrole nitrogens is 1. The molecule has 9 heteroatoms. The van der Waals surface area contributed by atoms with E-state index in [9.17, 15) is 13.2 Å². The number of aromatic amines is 1. The number of alkyl halides is 3. The van der Waals surface area contributed by atoms with Crippen molar-refractivity contribution in [2.45, 2.75) is 50.1 Å². The molecule has 1 aliphatic rings. The molecule has 0 amide bonds. The highest BCUT2D eigenvalue weighted by atomic mass is 32.1. The minimum Gasteiger partial charge on any atom is -0.475 e. The third-order valence-electron chi connectivity index (χ3n) is 5.44. The number of nitrogens with zero attached hydrogens (tertiary/aromatic N) is 2. The molecule has 0 radical (unpaired) electrons. The van der Waals surface area contributed by atoms with E-state index in [1.807, 2.05) is 12.3 Å². The zero-order valence-electron chi connectivity index (χ0n) is 16.8. The molecule has 2 heterocycles. The van der Waals surface area contributed by atoms with Gasteiger partial charge in [0.1, 0.15) is 5.82 Å². The Kier molecular flexibility index (Phi) is 7.59. The summed E-state index contributed by atoms with van der Waals surface area (Å²) in [6.45, 7) is 0. The lowest BCUT2D eigenvalue weighted by atomic mass is 9.94. The Hall–Kier alpha value is -2.55. The van der Waals surface area contributed by atoms with Crippen molar-refractivity contribution in [2.75, 3.05) is 5.75 Å². The lowest BCUT2D eigenvalue weighted by molar-refractivity contribution is -0.192. The van der Waals surface area contributed by atoms with Gasteiger partial charge in [-0.05, 0) is 42.4 Å². The Balaban J connectivity index is 0.000000339. The fourth-order valence-electron chi connectivity index (χ4n) is 3.79. The average Bonchev–Trinajstić information content (AvgIpc) is 3.42. The summed E-state index contributed by atoms with van der Waals surface area (Å²) in [7, 11) is 0. The Morgan fingerprint density at radius 1 is 1.19 bits per heavy atom. The Labute approximate surface area is 183 Å². The number of thiol groups is 1. The van der Waals surface area contributed by atoms with Crippen LogP contribution < -0.4 is 0 Å². The Morgan fingerprint density at radius 2 is 1.84 bits per heavy atom. The van der Waals surface area contributed by atoms with Gasteiger partial charge in [-0.1, -0.05) is 37.1 Å². The van der Waals surface area contributed by atoms with E-state index in [0.717, 1.165) is 34.9 Å². The molecule has 1 fully saturated rings. The zero-order valence-corrected chi connectivity index (χ0v) is 17.7. The number of aliphatic carboxylic acids is 1. The molecule has 5 nitrogen and oxygen atoms in total. The predicted molar refractivity (Wildman–Crippen MR) is 116 cm³/mol. The maximum absolute atomic E-state index is 10.6.